The molecule has 19 heavy (non-hydrogen) atoms. The summed E-state index contributed by atoms with van der Waals surface area (Å²) in [6, 6.07) is 10.7. The van der Waals surface area contributed by atoms with E-state index in [9.17, 15) is 0 Å². The van der Waals surface area contributed by atoms with Crippen molar-refractivity contribution in [3.63, 3.8) is 0 Å². The van der Waals surface area contributed by atoms with E-state index in [0.29, 0.717) is 11.8 Å². The fourth-order valence-corrected chi connectivity index (χ4v) is 2.37. The Morgan fingerprint density at radius 1 is 1.21 bits per heavy atom. The Balaban J connectivity index is 1.91. The largest absolute Gasteiger partial charge is 0.312 e. The van der Waals surface area contributed by atoms with Crippen molar-refractivity contribution in [2.24, 2.45) is 13.0 Å². The molecule has 0 bridgehead atoms. The van der Waals surface area contributed by atoms with Gasteiger partial charge in [-0.3, -0.25) is 4.68 Å². The number of hydrogen-bond donors (Lipinski definition) is 1. The van der Waals surface area contributed by atoms with Gasteiger partial charge in [-0.1, -0.05) is 44.2 Å². The molecule has 0 amide bonds. The Morgan fingerprint density at radius 3 is 2.53 bits per heavy atom. The van der Waals surface area contributed by atoms with E-state index in [4.69, 9.17) is 0 Å². The molecule has 0 aliphatic heterocycles. The maximum atomic E-state index is 4.18. The second kappa shape index (κ2) is 6.53. The van der Waals surface area contributed by atoms with Gasteiger partial charge in [-0.2, -0.15) is 5.10 Å². The summed E-state index contributed by atoms with van der Waals surface area (Å²) in [7, 11) is 1.95. The summed E-state index contributed by atoms with van der Waals surface area (Å²) >= 11 is 0. The van der Waals surface area contributed by atoms with Gasteiger partial charge >= 0.3 is 0 Å². The van der Waals surface area contributed by atoms with Crippen LogP contribution in [0.5, 0.6) is 0 Å². The van der Waals surface area contributed by atoms with Crippen molar-refractivity contribution in [2.45, 2.75) is 26.3 Å². The van der Waals surface area contributed by atoms with Gasteiger partial charge < -0.3 is 5.32 Å². The summed E-state index contributed by atoms with van der Waals surface area (Å²) in [5, 5.41) is 7.73. The van der Waals surface area contributed by atoms with Crippen LogP contribution in [0.3, 0.4) is 0 Å². The fraction of sp³-hybridized carbons (Fsp3) is 0.438. The third-order valence-corrected chi connectivity index (χ3v) is 3.48. The minimum Gasteiger partial charge on any atom is -0.312 e. The monoisotopic (exact) mass is 257 g/mol. The standard InChI is InChI=1S/C16H23N3/c1-13(2)16(15-7-5-4-6-8-15)11-17-9-14-10-18-19(3)12-14/h4-8,10,12-13,16-17H,9,11H2,1-3H3. The molecule has 2 rings (SSSR count). The van der Waals surface area contributed by atoms with Crippen molar-refractivity contribution in [1.82, 2.24) is 15.1 Å². The summed E-state index contributed by atoms with van der Waals surface area (Å²) in [4.78, 5) is 0. The molecule has 1 atom stereocenters. The van der Waals surface area contributed by atoms with Crippen molar-refractivity contribution in [1.29, 1.82) is 0 Å². The number of aromatic nitrogens is 2. The van der Waals surface area contributed by atoms with E-state index in [1.807, 2.05) is 17.9 Å². The summed E-state index contributed by atoms with van der Waals surface area (Å²) in [6.07, 6.45) is 3.97. The molecule has 1 aromatic heterocycles. The van der Waals surface area contributed by atoms with Crippen LogP contribution in [0.15, 0.2) is 42.7 Å². The van der Waals surface area contributed by atoms with Crippen molar-refractivity contribution >= 4 is 0 Å². The predicted octanol–water partition coefficient (Wildman–Crippen LogP) is 2.95. The first kappa shape index (κ1) is 13.8. The van der Waals surface area contributed by atoms with Crippen LogP contribution in [-0.4, -0.2) is 16.3 Å². The van der Waals surface area contributed by atoms with Gasteiger partial charge in [0.1, 0.15) is 0 Å². The zero-order valence-electron chi connectivity index (χ0n) is 12.0. The van der Waals surface area contributed by atoms with E-state index in [1.54, 1.807) is 0 Å². The molecule has 1 N–H and O–H groups in total. The van der Waals surface area contributed by atoms with Crippen LogP contribution in [0.2, 0.25) is 0 Å². The number of rotatable bonds is 6. The summed E-state index contributed by atoms with van der Waals surface area (Å²) < 4.78 is 1.84. The second-order valence-electron chi connectivity index (χ2n) is 5.41. The summed E-state index contributed by atoms with van der Waals surface area (Å²) in [6.45, 7) is 6.44. The van der Waals surface area contributed by atoms with Crippen LogP contribution in [0.25, 0.3) is 0 Å². The van der Waals surface area contributed by atoms with E-state index in [2.05, 4.69) is 60.8 Å². The molecule has 0 fully saturated rings. The van der Waals surface area contributed by atoms with Crippen molar-refractivity contribution < 1.29 is 0 Å². The lowest BCUT2D eigenvalue weighted by atomic mass is 9.88. The van der Waals surface area contributed by atoms with Crippen LogP contribution < -0.4 is 5.32 Å². The highest BCUT2D eigenvalue weighted by molar-refractivity contribution is 5.20. The van der Waals surface area contributed by atoms with Gasteiger partial charge in [0, 0.05) is 31.9 Å². The van der Waals surface area contributed by atoms with Gasteiger partial charge in [0.25, 0.3) is 0 Å². The normalized spacial score (nSPS) is 12.8. The van der Waals surface area contributed by atoms with Crippen LogP contribution in [0, 0.1) is 5.92 Å². The zero-order chi connectivity index (χ0) is 13.7. The lowest BCUT2D eigenvalue weighted by Gasteiger charge is -2.21. The fourth-order valence-electron chi connectivity index (χ4n) is 2.37. The molecule has 2 aromatic rings. The molecular weight excluding hydrogens is 234 g/mol. The molecule has 0 saturated carbocycles. The maximum absolute atomic E-state index is 4.18. The predicted molar refractivity (Wildman–Crippen MR) is 78.9 cm³/mol. The van der Waals surface area contributed by atoms with E-state index in [0.717, 1.165) is 13.1 Å². The first-order valence-electron chi connectivity index (χ1n) is 6.90. The van der Waals surface area contributed by atoms with Gasteiger partial charge in [-0.25, -0.2) is 0 Å². The second-order valence-corrected chi connectivity index (χ2v) is 5.41. The highest BCUT2D eigenvalue weighted by atomic mass is 15.2. The third kappa shape index (κ3) is 3.93. The molecule has 0 aliphatic carbocycles. The molecule has 0 radical (unpaired) electrons. The quantitative estimate of drug-likeness (QED) is 0.862. The van der Waals surface area contributed by atoms with Crippen LogP contribution in [0.1, 0.15) is 30.9 Å². The van der Waals surface area contributed by atoms with Crippen LogP contribution >= 0.6 is 0 Å². The first-order chi connectivity index (χ1) is 9.16. The first-order valence-corrected chi connectivity index (χ1v) is 6.90. The van der Waals surface area contributed by atoms with Gasteiger partial charge in [-0.05, 0) is 17.4 Å². The number of benzene rings is 1. The average molecular weight is 257 g/mol. The van der Waals surface area contributed by atoms with Gasteiger partial charge in [0.2, 0.25) is 0 Å². The Morgan fingerprint density at radius 2 is 1.95 bits per heavy atom. The summed E-state index contributed by atoms with van der Waals surface area (Å²) in [5.41, 5.74) is 2.65. The van der Waals surface area contributed by atoms with Crippen LogP contribution in [-0.2, 0) is 13.6 Å². The van der Waals surface area contributed by atoms with E-state index < -0.39 is 0 Å². The van der Waals surface area contributed by atoms with Gasteiger partial charge in [0.05, 0.1) is 6.20 Å². The Labute approximate surface area is 115 Å². The number of nitrogens with one attached hydrogen (secondary N) is 1. The highest BCUT2D eigenvalue weighted by Gasteiger charge is 2.14. The topological polar surface area (TPSA) is 29.9 Å². The van der Waals surface area contributed by atoms with E-state index in [-0.39, 0.29) is 0 Å². The average Bonchev–Trinajstić information content (AvgIpc) is 2.81. The highest BCUT2D eigenvalue weighted by Crippen LogP contribution is 2.23. The number of hydrogen-bond acceptors (Lipinski definition) is 2. The number of nitrogens with zero attached hydrogens (tertiary/aromatic N) is 2. The van der Waals surface area contributed by atoms with E-state index in [1.165, 1.54) is 11.1 Å². The molecule has 0 aliphatic rings. The van der Waals surface area contributed by atoms with Gasteiger partial charge in [-0.15, -0.1) is 0 Å². The molecule has 1 heterocycles. The zero-order valence-corrected chi connectivity index (χ0v) is 12.0. The maximum Gasteiger partial charge on any atom is 0.0534 e. The van der Waals surface area contributed by atoms with E-state index >= 15 is 0 Å². The molecule has 1 unspecified atom stereocenters. The van der Waals surface area contributed by atoms with Crippen molar-refractivity contribution in [2.75, 3.05) is 6.54 Å². The van der Waals surface area contributed by atoms with Crippen molar-refractivity contribution in [3.8, 4) is 0 Å². The Hall–Kier alpha value is -1.61. The molecule has 3 nitrogen and oxygen atoms in total. The lowest BCUT2D eigenvalue weighted by molar-refractivity contribution is 0.461. The molecule has 0 spiro atoms. The smallest absolute Gasteiger partial charge is 0.0534 e. The Bertz CT molecular complexity index is 488. The lowest BCUT2D eigenvalue weighted by Crippen LogP contribution is -2.24. The molecule has 3 heteroatoms. The van der Waals surface area contributed by atoms with Gasteiger partial charge in [0.15, 0.2) is 0 Å². The minimum absolute atomic E-state index is 0.554. The molecular formula is C16H23N3. The molecule has 0 saturated heterocycles. The van der Waals surface area contributed by atoms with Crippen molar-refractivity contribution in [3.05, 3.63) is 53.9 Å². The molecule has 102 valence electrons. The Kier molecular flexibility index (Phi) is 4.74. The summed E-state index contributed by atoms with van der Waals surface area (Å²) in [5.74, 6) is 1.18. The minimum atomic E-state index is 0.554. The van der Waals surface area contributed by atoms with Crippen LogP contribution in [0.4, 0.5) is 0 Å². The SMILES string of the molecule is CC(C)C(CNCc1cnn(C)c1)c1ccccc1. The number of aryl methyl sites for hydroxylation is 1. The third-order valence-electron chi connectivity index (χ3n) is 3.48. The molecule has 1 aromatic carbocycles.